The van der Waals surface area contributed by atoms with E-state index in [1.165, 1.54) is 0 Å². The van der Waals surface area contributed by atoms with Gasteiger partial charge in [-0.3, -0.25) is 4.79 Å². The van der Waals surface area contributed by atoms with Crippen LogP contribution in [0.25, 0.3) is 0 Å². The third kappa shape index (κ3) is 2.52. The first-order chi connectivity index (χ1) is 8.08. The molecule has 1 unspecified atom stereocenters. The summed E-state index contributed by atoms with van der Waals surface area (Å²) in [5.74, 6) is -0.259. The van der Waals surface area contributed by atoms with Gasteiger partial charge >= 0.3 is 0 Å². The quantitative estimate of drug-likeness (QED) is 0.756. The second kappa shape index (κ2) is 4.65. The smallest absolute Gasteiger partial charge is 0.222 e. The van der Waals surface area contributed by atoms with Crippen LogP contribution in [0.15, 0.2) is 18.2 Å². The van der Waals surface area contributed by atoms with Crippen LogP contribution in [-0.2, 0) is 4.79 Å². The van der Waals surface area contributed by atoms with E-state index in [1.54, 1.807) is 0 Å². The summed E-state index contributed by atoms with van der Waals surface area (Å²) in [4.78, 5) is 13.4. The van der Waals surface area contributed by atoms with Crippen molar-refractivity contribution in [3.05, 3.63) is 23.8 Å². The van der Waals surface area contributed by atoms with Gasteiger partial charge in [0.1, 0.15) is 0 Å². The van der Waals surface area contributed by atoms with E-state index >= 15 is 0 Å². The van der Waals surface area contributed by atoms with Gasteiger partial charge in [0, 0.05) is 13.1 Å². The van der Waals surface area contributed by atoms with Crippen LogP contribution in [0, 0.1) is 12.8 Å². The van der Waals surface area contributed by atoms with Crippen molar-refractivity contribution in [2.75, 3.05) is 23.7 Å². The van der Waals surface area contributed by atoms with E-state index in [9.17, 15) is 4.79 Å². The number of nitrogens with zero attached hydrogens (tertiary/aromatic N) is 1. The molecular formula is C13H19N3O. The van der Waals surface area contributed by atoms with E-state index in [4.69, 9.17) is 11.5 Å². The maximum absolute atomic E-state index is 11.2. The highest BCUT2D eigenvalue weighted by Gasteiger charge is 2.24. The lowest BCUT2D eigenvalue weighted by Crippen LogP contribution is -2.41. The van der Waals surface area contributed by atoms with Crippen molar-refractivity contribution in [2.45, 2.75) is 19.8 Å². The van der Waals surface area contributed by atoms with Crippen LogP contribution in [-0.4, -0.2) is 19.0 Å². The van der Waals surface area contributed by atoms with Gasteiger partial charge in [-0.15, -0.1) is 0 Å². The molecule has 92 valence electrons. The van der Waals surface area contributed by atoms with E-state index < -0.39 is 0 Å². The number of hydrogen-bond donors (Lipinski definition) is 2. The van der Waals surface area contributed by atoms with Crippen LogP contribution in [0.3, 0.4) is 0 Å². The number of nitrogens with two attached hydrogens (primary N) is 2. The molecule has 1 saturated heterocycles. The minimum Gasteiger partial charge on any atom is -0.397 e. The summed E-state index contributed by atoms with van der Waals surface area (Å²) < 4.78 is 0. The first-order valence-electron chi connectivity index (χ1n) is 5.98. The van der Waals surface area contributed by atoms with E-state index in [0.29, 0.717) is 6.54 Å². The summed E-state index contributed by atoms with van der Waals surface area (Å²) in [6, 6.07) is 6.02. The molecule has 17 heavy (non-hydrogen) atoms. The topological polar surface area (TPSA) is 72.3 Å². The molecule has 0 radical (unpaired) electrons. The minimum absolute atomic E-state index is 0.0514. The van der Waals surface area contributed by atoms with Crippen LogP contribution >= 0.6 is 0 Å². The monoisotopic (exact) mass is 233 g/mol. The first kappa shape index (κ1) is 11.8. The second-order valence-electron chi connectivity index (χ2n) is 4.75. The maximum Gasteiger partial charge on any atom is 0.222 e. The van der Waals surface area contributed by atoms with Gasteiger partial charge in [0.05, 0.1) is 17.3 Å². The Morgan fingerprint density at radius 3 is 2.88 bits per heavy atom. The predicted octanol–water partition coefficient (Wildman–Crippen LogP) is 1.28. The molecule has 1 aromatic rings. The Kier molecular flexibility index (Phi) is 3.22. The number of benzene rings is 1. The number of rotatable bonds is 2. The first-order valence-corrected chi connectivity index (χ1v) is 5.98. The Labute approximate surface area is 102 Å². The van der Waals surface area contributed by atoms with E-state index in [1.807, 2.05) is 25.1 Å². The Hall–Kier alpha value is -1.71. The van der Waals surface area contributed by atoms with Gasteiger partial charge in [-0.25, -0.2) is 0 Å². The van der Waals surface area contributed by atoms with Crippen molar-refractivity contribution >= 4 is 17.3 Å². The number of hydrogen-bond acceptors (Lipinski definition) is 3. The summed E-state index contributed by atoms with van der Waals surface area (Å²) in [5, 5.41) is 0. The summed E-state index contributed by atoms with van der Waals surface area (Å²) in [6.45, 7) is 3.64. The average Bonchev–Trinajstić information content (AvgIpc) is 2.29. The standard InChI is InChI=1S/C13H19N3O/c1-9-4-5-12(11(14)7-9)16-6-2-3-10(8-16)13(15)17/h4-5,7,10H,2-3,6,8,14H2,1H3,(H2,15,17). The van der Waals surface area contributed by atoms with E-state index in [0.717, 1.165) is 36.3 Å². The van der Waals surface area contributed by atoms with Crippen LogP contribution in [0.2, 0.25) is 0 Å². The lowest BCUT2D eigenvalue weighted by atomic mass is 9.96. The fourth-order valence-electron chi connectivity index (χ4n) is 2.39. The highest BCUT2D eigenvalue weighted by molar-refractivity contribution is 5.78. The molecule has 4 N–H and O–H groups in total. The van der Waals surface area contributed by atoms with E-state index in [2.05, 4.69) is 4.90 Å². The van der Waals surface area contributed by atoms with Gasteiger partial charge in [-0.2, -0.15) is 0 Å². The zero-order valence-electron chi connectivity index (χ0n) is 10.1. The third-order valence-corrected chi connectivity index (χ3v) is 3.35. The van der Waals surface area contributed by atoms with Crippen LogP contribution in [0.1, 0.15) is 18.4 Å². The summed E-state index contributed by atoms with van der Waals surface area (Å²) in [7, 11) is 0. The van der Waals surface area contributed by atoms with Crippen molar-refractivity contribution in [1.29, 1.82) is 0 Å². The molecule has 1 aromatic carbocycles. The molecule has 0 spiro atoms. The molecule has 4 nitrogen and oxygen atoms in total. The average molecular weight is 233 g/mol. The molecule has 0 aromatic heterocycles. The van der Waals surface area contributed by atoms with Gasteiger partial charge in [0.15, 0.2) is 0 Å². The Bertz CT molecular complexity index is 431. The normalized spacial score (nSPS) is 20.3. The zero-order chi connectivity index (χ0) is 12.4. The highest BCUT2D eigenvalue weighted by Crippen LogP contribution is 2.28. The molecule has 0 bridgehead atoms. The van der Waals surface area contributed by atoms with Crippen molar-refractivity contribution < 1.29 is 4.79 Å². The third-order valence-electron chi connectivity index (χ3n) is 3.35. The number of aryl methyl sites for hydroxylation is 1. The number of nitrogen functional groups attached to an aromatic ring is 1. The van der Waals surface area contributed by atoms with Gasteiger partial charge < -0.3 is 16.4 Å². The summed E-state index contributed by atoms with van der Waals surface area (Å²) >= 11 is 0. The minimum atomic E-state index is -0.208. The van der Waals surface area contributed by atoms with Crippen LogP contribution in [0.4, 0.5) is 11.4 Å². The fourth-order valence-corrected chi connectivity index (χ4v) is 2.39. The van der Waals surface area contributed by atoms with Gasteiger partial charge in [-0.1, -0.05) is 6.07 Å². The number of piperidine rings is 1. The van der Waals surface area contributed by atoms with Crippen molar-refractivity contribution in [3.8, 4) is 0 Å². The van der Waals surface area contributed by atoms with Gasteiger partial charge in [0.2, 0.25) is 5.91 Å². The lowest BCUT2D eigenvalue weighted by molar-refractivity contribution is -0.122. The van der Waals surface area contributed by atoms with Crippen molar-refractivity contribution in [2.24, 2.45) is 11.7 Å². The number of primary amides is 1. The zero-order valence-corrected chi connectivity index (χ0v) is 10.1. The molecule has 2 rings (SSSR count). The molecule has 4 heteroatoms. The number of carbonyl (C=O) groups excluding carboxylic acids is 1. The van der Waals surface area contributed by atoms with Crippen LogP contribution < -0.4 is 16.4 Å². The van der Waals surface area contributed by atoms with Gasteiger partial charge in [0.25, 0.3) is 0 Å². The van der Waals surface area contributed by atoms with Gasteiger partial charge in [-0.05, 0) is 37.5 Å². The largest absolute Gasteiger partial charge is 0.397 e. The Balaban J connectivity index is 2.19. The molecule has 1 atom stereocenters. The summed E-state index contributed by atoms with van der Waals surface area (Å²) in [5.41, 5.74) is 14.3. The molecule has 0 saturated carbocycles. The maximum atomic E-state index is 11.2. The molecule has 1 aliphatic heterocycles. The molecule has 0 aliphatic carbocycles. The van der Waals surface area contributed by atoms with E-state index in [-0.39, 0.29) is 11.8 Å². The molecule has 1 heterocycles. The molecule has 1 amide bonds. The Morgan fingerprint density at radius 1 is 1.47 bits per heavy atom. The molecular weight excluding hydrogens is 214 g/mol. The summed E-state index contributed by atoms with van der Waals surface area (Å²) in [6.07, 6.45) is 1.87. The molecule has 1 aliphatic rings. The predicted molar refractivity (Wildman–Crippen MR) is 69.7 cm³/mol. The number of carbonyl (C=O) groups is 1. The number of amides is 1. The molecule has 1 fully saturated rings. The van der Waals surface area contributed by atoms with Crippen molar-refractivity contribution in [1.82, 2.24) is 0 Å². The lowest BCUT2D eigenvalue weighted by Gasteiger charge is -2.33. The van der Waals surface area contributed by atoms with Crippen molar-refractivity contribution in [3.63, 3.8) is 0 Å². The fraction of sp³-hybridized carbons (Fsp3) is 0.462. The van der Waals surface area contributed by atoms with Crippen LogP contribution in [0.5, 0.6) is 0 Å². The SMILES string of the molecule is Cc1ccc(N2CCCC(C(N)=O)C2)c(N)c1. The highest BCUT2D eigenvalue weighted by atomic mass is 16.1. The Morgan fingerprint density at radius 2 is 2.24 bits per heavy atom. The number of anilines is 2. The second-order valence-corrected chi connectivity index (χ2v) is 4.75.